The van der Waals surface area contributed by atoms with Crippen LogP contribution in [-0.4, -0.2) is 43.1 Å². The Kier molecular flexibility index (Phi) is 4.08. The Balaban J connectivity index is 2.56. The van der Waals surface area contributed by atoms with Crippen LogP contribution in [0.4, 0.5) is 9.18 Å². The third-order valence-electron chi connectivity index (χ3n) is 3.12. The van der Waals surface area contributed by atoms with E-state index in [2.05, 4.69) is 15.2 Å². The highest BCUT2D eigenvalue weighted by molar-refractivity contribution is 6.29. The molecular formula is C12H13ClFN5O2. The monoisotopic (exact) mass is 313 g/mol. The molecule has 0 aliphatic heterocycles. The zero-order valence-corrected chi connectivity index (χ0v) is 12.3. The summed E-state index contributed by atoms with van der Waals surface area (Å²) in [6, 6.07) is 0.819. The van der Waals surface area contributed by atoms with Crippen LogP contribution in [0.5, 0.6) is 0 Å². The average molecular weight is 314 g/mol. The molecule has 0 aromatic carbocycles. The third kappa shape index (κ3) is 2.80. The summed E-state index contributed by atoms with van der Waals surface area (Å²) in [6.07, 6.45) is 0.234. The smallest absolute Gasteiger partial charge is 0.407 e. The van der Waals surface area contributed by atoms with Gasteiger partial charge in [0.1, 0.15) is 11.4 Å². The highest BCUT2D eigenvalue weighted by Crippen LogP contribution is 2.31. The van der Waals surface area contributed by atoms with Gasteiger partial charge in [-0.05, 0) is 13.0 Å². The van der Waals surface area contributed by atoms with E-state index in [-0.39, 0.29) is 16.4 Å². The Hall–Kier alpha value is -2.22. The molecule has 0 radical (unpaired) electrons. The van der Waals surface area contributed by atoms with Crippen molar-refractivity contribution in [1.82, 2.24) is 24.9 Å². The number of halogens is 2. The van der Waals surface area contributed by atoms with E-state index in [0.29, 0.717) is 5.69 Å². The lowest BCUT2D eigenvalue weighted by molar-refractivity contribution is 0.141. The molecule has 21 heavy (non-hydrogen) atoms. The second-order valence-electron chi connectivity index (χ2n) is 4.46. The first-order chi connectivity index (χ1) is 9.82. The predicted octanol–water partition coefficient (Wildman–Crippen LogP) is 2.34. The van der Waals surface area contributed by atoms with Crippen molar-refractivity contribution < 1.29 is 14.3 Å². The van der Waals surface area contributed by atoms with Crippen LogP contribution in [0, 0.1) is 5.82 Å². The maximum atomic E-state index is 14.1. The first-order valence-electron chi connectivity index (χ1n) is 6.00. The fourth-order valence-electron chi connectivity index (χ4n) is 1.85. The summed E-state index contributed by atoms with van der Waals surface area (Å²) in [5, 5.41) is 17.0. The molecule has 2 aromatic rings. The van der Waals surface area contributed by atoms with Gasteiger partial charge in [-0.25, -0.2) is 14.2 Å². The Morgan fingerprint density at radius 2 is 2.19 bits per heavy atom. The molecular weight excluding hydrogens is 301 g/mol. The molecule has 7 nitrogen and oxygen atoms in total. The highest BCUT2D eigenvalue weighted by Gasteiger charge is 2.26. The number of hydrogen-bond donors (Lipinski definition) is 1. The second-order valence-corrected chi connectivity index (χ2v) is 4.81. The van der Waals surface area contributed by atoms with E-state index in [1.807, 2.05) is 0 Å². The predicted molar refractivity (Wildman–Crippen MR) is 73.4 cm³/mol. The van der Waals surface area contributed by atoms with Crippen LogP contribution < -0.4 is 0 Å². The number of amides is 1. The lowest BCUT2D eigenvalue weighted by Gasteiger charge is -2.20. The van der Waals surface area contributed by atoms with E-state index in [9.17, 15) is 9.18 Å². The zero-order chi connectivity index (χ0) is 15.7. The van der Waals surface area contributed by atoms with Gasteiger partial charge in [-0.15, -0.1) is 0 Å². The number of pyridine rings is 1. The molecule has 9 heteroatoms. The minimum Gasteiger partial charge on any atom is -0.465 e. The Morgan fingerprint density at radius 3 is 2.81 bits per heavy atom. The van der Waals surface area contributed by atoms with Crippen LogP contribution in [-0.2, 0) is 7.05 Å². The van der Waals surface area contributed by atoms with Crippen molar-refractivity contribution in [3.8, 4) is 11.3 Å². The van der Waals surface area contributed by atoms with Crippen LogP contribution >= 0.6 is 11.6 Å². The molecule has 0 bridgehead atoms. The summed E-state index contributed by atoms with van der Waals surface area (Å²) in [7, 11) is 2.97. The Morgan fingerprint density at radius 1 is 1.52 bits per heavy atom. The van der Waals surface area contributed by atoms with Crippen molar-refractivity contribution in [2.24, 2.45) is 7.05 Å². The lowest BCUT2D eigenvalue weighted by Crippen LogP contribution is -2.28. The molecule has 2 rings (SSSR count). The number of carbonyl (C=O) groups is 1. The summed E-state index contributed by atoms with van der Waals surface area (Å²) in [6.45, 7) is 1.64. The van der Waals surface area contributed by atoms with Gasteiger partial charge in [0.15, 0.2) is 11.0 Å². The highest BCUT2D eigenvalue weighted by atomic mass is 35.5. The number of rotatable bonds is 3. The van der Waals surface area contributed by atoms with Crippen LogP contribution in [0.15, 0.2) is 12.3 Å². The summed E-state index contributed by atoms with van der Waals surface area (Å²) >= 11 is 5.67. The van der Waals surface area contributed by atoms with Gasteiger partial charge in [-0.2, -0.15) is 15.0 Å². The fourth-order valence-corrected chi connectivity index (χ4v) is 2.00. The Labute approximate surface area is 125 Å². The minimum atomic E-state index is -1.12. The van der Waals surface area contributed by atoms with Crippen molar-refractivity contribution in [3.05, 3.63) is 28.9 Å². The zero-order valence-electron chi connectivity index (χ0n) is 11.6. The quantitative estimate of drug-likeness (QED) is 0.879. The number of hydrogen-bond acceptors (Lipinski definition) is 4. The van der Waals surface area contributed by atoms with Gasteiger partial charge >= 0.3 is 6.09 Å². The normalized spacial score (nSPS) is 12.2. The molecule has 0 spiro atoms. The van der Waals surface area contributed by atoms with Crippen molar-refractivity contribution >= 4 is 17.7 Å². The molecule has 2 aromatic heterocycles. The van der Waals surface area contributed by atoms with E-state index < -0.39 is 18.0 Å². The largest absolute Gasteiger partial charge is 0.465 e. The number of nitrogens with zero attached hydrogens (tertiary/aromatic N) is 5. The van der Waals surface area contributed by atoms with E-state index in [0.717, 1.165) is 4.90 Å². The van der Waals surface area contributed by atoms with Crippen molar-refractivity contribution in [3.63, 3.8) is 0 Å². The third-order valence-corrected chi connectivity index (χ3v) is 3.38. The fraction of sp³-hybridized carbons (Fsp3) is 0.333. The molecule has 1 amide bonds. The van der Waals surface area contributed by atoms with E-state index in [1.165, 1.54) is 24.1 Å². The summed E-state index contributed by atoms with van der Waals surface area (Å²) < 4.78 is 14.1. The first kappa shape index (κ1) is 15.2. The van der Waals surface area contributed by atoms with Crippen LogP contribution in [0.25, 0.3) is 11.3 Å². The molecule has 0 saturated heterocycles. The summed E-state index contributed by atoms with van der Waals surface area (Å²) in [5.74, 6) is -0.717. The minimum absolute atomic E-state index is 0.128. The first-order valence-corrected chi connectivity index (χ1v) is 6.38. The Bertz CT molecular complexity index is 690. The van der Waals surface area contributed by atoms with Crippen molar-refractivity contribution in [1.29, 1.82) is 0 Å². The van der Waals surface area contributed by atoms with Gasteiger partial charge in [0.2, 0.25) is 0 Å². The molecule has 2 heterocycles. The average Bonchev–Trinajstić information content (AvgIpc) is 2.81. The van der Waals surface area contributed by atoms with Crippen LogP contribution in [0.2, 0.25) is 5.15 Å². The molecule has 0 aliphatic rings. The number of aryl methyl sites for hydroxylation is 1. The van der Waals surface area contributed by atoms with Gasteiger partial charge in [0.05, 0.1) is 6.04 Å². The summed E-state index contributed by atoms with van der Waals surface area (Å²) in [4.78, 5) is 17.0. The maximum absolute atomic E-state index is 14.1. The molecule has 1 N–H and O–H groups in total. The molecule has 0 aliphatic carbocycles. The molecule has 1 unspecified atom stereocenters. The molecule has 112 valence electrons. The van der Waals surface area contributed by atoms with Gasteiger partial charge in [0, 0.05) is 25.9 Å². The molecule has 1 atom stereocenters. The van der Waals surface area contributed by atoms with Crippen molar-refractivity contribution in [2.45, 2.75) is 13.0 Å². The van der Waals surface area contributed by atoms with E-state index >= 15 is 0 Å². The van der Waals surface area contributed by atoms with Gasteiger partial charge in [0.25, 0.3) is 0 Å². The molecule has 0 saturated carbocycles. The topological polar surface area (TPSA) is 84.1 Å². The van der Waals surface area contributed by atoms with E-state index in [4.69, 9.17) is 16.7 Å². The van der Waals surface area contributed by atoms with Crippen molar-refractivity contribution in [2.75, 3.05) is 7.05 Å². The maximum Gasteiger partial charge on any atom is 0.407 e. The SMILES string of the molecule is CC(c1nn(C)nc1-c1ccnc(Cl)c1F)N(C)C(=O)O. The van der Waals surface area contributed by atoms with Gasteiger partial charge < -0.3 is 10.0 Å². The number of carboxylic acid groups (broad SMARTS) is 1. The van der Waals surface area contributed by atoms with Gasteiger partial charge in [-0.3, -0.25) is 0 Å². The standard InChI is InChI=1S/C12H13ClFN5O2/c1-6(18(2)12(20)21)9-10(17-19(3)16-9)7-4-5-15-11(13)8(7)14/h4-6H,1-3H3,(H,20,21). The van der Waals surface area contributed by atoms with Gasteiger partial charge in [-0.1, -0.05) is 11.6 Å². The van der Waals surface area contributed by atoms with E-state index in [1.54, 1.807) is 14.0 Å². The van der Waals surface area contributed by atoms with Crippen LogP contribution in [0.3, 0.4) is 0 Å². The number of aromatic nitrogens is 4. The second kappa shape index (κ2) is 5.65. The summed E-state index contributed by atoms with van der Waals surface area (Å²) in [5.41, 5.74) is 0.701. The molecule has 0 fully saturated rings. The lowest BCUT2D eigenvalue weighted by atomic mass is 10.1. The van der Waals surface area contributed by atoms with Crippen LogP contribution in [0.1, 0.15) is 18.7 Å².